The first-order valence-electron chi connectivity index (χ1n) is 10.2. The molecule has 2 amide bonds. The molecule has 3 heterocycles. The highest BCUT2D eigenvalue weighted by atomic mass is 16.2. The Balaban J connectivity index is 1.42. The summed E-state index contributed by atoms with van der Waals surface area (Å²) in [6.45, 7) is 3.59. The molecule has 0 bridgehead atoms. The predicted molar refractivity (Wildman–Crippen MR) is 113 cm³/mol. The molecule has 2 aromatic rings. The highest BCUT2D eigenvalue weighted by molar-refractivity contribution is 6.01. The Bertz CT molecular complexity index is 898. The highest BCUT2D eigenvalue weighted by Crippen LogP contribution is 2.30. The summed E-state index contributed by atoms with van der Waals surface area (Å²) in [6.07, 6.45) is 4.94. The van der Waals surface area contributed by atoms with Crippen LogP contribution in [0.25, 0.3) is 0 Å². The number of pyridine rings is 1. The summed E-state index contributed by atoms with van der Waals surface area (Å²) in [4.78, 5) is 33.4. The maximum absolute atomic E-state index is 12.4. The number of piperidine rings is 1. The molecule has 0 saturated carbocycles. The molecule has 152 valence electrons. The maximum atomic E-state index is 12.4. The van der Waals surface area contributed by atoms with Crippen LogP contribution in [-0.4, -0.2) is 47.9 Å². The number of carbonyl (C=O) groups excluding carboxylic acids is 2. The van der Waals surface area contributed by atoms with Crippen molar-refractivity contribution in [2.24, 2.45) is 0 Å². The van der Waals surface area contributed by atoms with Gasteiger partial charge in [0.2, 0.25) is 5.91 Å². The van der Waals surface area contributed by atoms with Gasteiger partial charge in [-0.3, -0.25) is 14.5 Å². The summed E-state index contributed by atoms with van der Waals surface area (Å²) in [5.41, 5.74) is 2.26. The Labute approximate surface area is 171 Å². The molecule has 7 heteroatoms. The molecule has 1 aromatic carbocycles. The molecule has 2 N–H and O–H groups in total. The van der Waals surface area contributed by atoms with E-state index in [0.717, 1.165) is 30.6 Å². The fraction of sp³-hybridized carbons (Fsp3) is 0.409. The molecule has 1 aromatic heterocycles. The van der Waals surface area contributed by atoms with E-state index in [1.165, 1.54) is 6.42 Å². The topological polar surface area (TPSA) is 77.6 Å². The lowest BCUT2D eigenvalue weighted by Gasteiger charge is -2.35. The summed E-state index contributed by atoms with van der Waals surface area (Å²) < 4.78 is 0. The molecule has 0 spiro atoms. The largest absolute Gasteiger partial charge is 0.335 e. The van der Waals surface area contributed by atoms with Gasteiger partial charge >= 0.3 is 0 Å². The van der Waals surface area contributed by atoms with E-state index >= 15 is 0 Å². The minimum Gasteiger partial charge on any atom is -0.335 e. The monoisotopic (exact) mass is 393 g/mol. The summed E-state index contributed by atoms with van der Waals surface area (Å²) in [5.74, 6) is 0.534. The number of nitrogens with zero attached hydrogens (tertiary/aromatic N) is 3. The number of amides is 2. The van der Waals surface area contributed by atoms with Crippen molar-refractivity contribution in [3.63, 3.8) is 0 Å². The average molecular weight is 393 g/mol. The minimum absolute atomic E-state index is 0.00714. The molecular weight excluding hydrogens is 366 g/mol. The van der Waals surface area contributed by atoms with Crippen LogP contribution in [0.2, 0.25) is 0 Å². The second kappa shape index (κ2) is 8.21. The van der Waals surface area contributed by atoms with E-state index in [2.05, 4.69) is 27.4 Å². The van der Waals surface area contributed by atoms with Gasteiger partial charge in [0.1, 0.15) is 12.0 Å². The number of benzene rings is 1. The van der Waals surface area contributed by atoms with Crippen molar-refractivity contribution in [2.75, 3.05) is 30.4 Å². The molecule has 2 aliphatic rings. The smallest absolute Gasteiger partial charge is 0.256 e. The number of anilines is 2. The third-order valence-electron chi connectivity index (χ3n) is 5.82. The van der Waals surface area contributed by atoms with Crippen molar-refractivity contribution >= 4 is 23.3 Å². The summed E-state index contributed by atoms with van der Waals surface area (Å²) in [5, 5.41) is 5.99. The normalized spacial score (nSPS) is 22.0. The van der Waals surface area contributed by atoms with E-state index in [0.29, 0.717) is 24.0 Å². The molecule has 0 aliphatic carbocycles. The first-order valence-corrected chi connectivity index (χ1v) is 10.2. The van der Waals surface area contributed by atoms with E-state index in [1.54, 1.807) is 18.3 Å². The molecule has 2 atom stereocenters. The van der Waals surface area contributed by atoms with Gasteiger partial charge in [-0.05, 0) is 56.1 Å². The van der Waals surface area contributed by atoms with Crippen LogP contribution >= 0.6 is 0 Å². The number of carbonyl (C=O) groups is 2. The lowest BCUT2D eigenvalue weighted by Crippen LogP contribution is -2.45. The van der Waals surface area contributed by atoms with Crippen molar-refractivity contribution in [1.82, 2.24) is 15.2 Å². The Kier molecular flexibility index (Phi) is 5.49. The first kappa shape index (κ1) is 19.4. The van der Waals surface area contributed by atoms with Crippen molar-refractivity contribution in [2.45, 2.75) is 38.4 Å². The zero-order valence-corrected chi connectivity index (χ0v) is 16.9. The van der Waals surface area contributed by atoms with Gasteiger partial charge in [0.05, 0.1) is 12.1 Å². The van der Waals surface area contributed by atoms with Crippen molar-refractivity contribution in [1.29, 1.82) is 0 Å². The van der Waals surface area contributed by atoms with Crippen LogP contribution in [0.3, 0.4) is 0 Å². The summed E-state index contributed by atoms with van der Waals surface area (Å²) >= 11 is 0. The lowest BCUT2D eigenvalue weighted by atomic mass is 10.0. The van der Waals surface area contributed by atoms with E-state index in [4.69, 9.17) is 0 Å². The van der Waals surface area contributed by atoms with Gasteiger partial charge in [0, 0.05) is 25.0 Å². The number of nitrogens with one attached hydrogen (secondary N) is 2. The number of rotatable bonds is 4. The molecule has 2 aliphatic heterocycles. The SMILES string of the molecule is C[C@@H]1CCCCN1CC(=O)Nc1ccc([C@H]2NC(=O)c3cccnc3N2C)cc1. The third kappa shape index (κ3) is 4.10. The molecule has 0 radical (unpaired) electrons. The summed E-state index contributed by atoms with van der Waals surface area (Å²) in [6, 6.07) is 11.6. The number of aromatic nitrogens is 1. The molecule has 1 saturated heterocycles. The van der Waals surface area contributed by atoms with E-state index in [9.17, 15) is 9.59 Å². The van der Waals surface area contributed by atoms with Crippen LogP contribution in [0.15, 0.2) is 42.6 Å². The van der Waals surface area contributed by atoms with Gasteiger partial charge in [-0.2, -0.15) is 0 Å². The maximum Gasteiger partial charge on any atom is 0.256 e. The number of hydrogen-bond donors (Lipinski definition) is 2. The van der Waals surface area contributed by atoms with Crippen molar-refractivity contribution < 1.29 is 9.59 Å². The van der Waals surface area contributed by atoms with Crippen LogP contribution in [0, 0.1) is 0 Å². The van der Waals surface area contributed by atoms with Gasteiger partial charge < -0.3 is 15.5 Å². The van der Waals surface area contributed by atoms with Gasteiger partial charge in [0.25, 0.3) is 5.91 Å². The van der Waals surface area contributed by atoms with Crippen LogP contribution in [0.4, 0.5) is 11.5 Å². The van der Waals surface area contributed by atoms with E-state index < -0.39 is 0 Å². The number of likely N-dealkylation sites (tertiary alicyclic amines) is 1. The van der Waals surface area contributed by atoms with E-state index in [-0.39, 0.29) is 18.0 Å². The van der Waals surface area contributed by atoms with Crippen LogP contribution in [0.1, 0.15) is 48.3 Å². The Morgan fingerprint density at radius 2 is 2.03 bits per heavy atom. The molecular formula is C22H27N5O2. The zero-order valence-electron chi connectivity index (χ0n) is 16.9. The Morgan fingerprint density at radius 3 is 2.79 bits per heavy atom. The van der Waals surface area contributed by atoms with E-state index in [1.807, 2.05) is 36.2 Å². The number of fused-ring (bicyclic) bond motifs is 1. The van der Waals surface area contributed by atoms with Crippen LogP contribution in [0.5, 0.6) is 0 Å². The van der Waals surface area contributed by atoms with Crippen LogP contribution in [-0.2, 0) is 4.79 Å². The third-order valence-corrected chi connectivity index (χ3v) is 5.82. The van der Waals surface area contributed by atoms with Gasteiger partial charge in [-0.15, -0.1) is 0 Å². The Morgan fingerprint density at radius 1 is 1.24 bits per heavy atom. The first-order chi connectivity index (χ1) is 14.0. The quantitative estimate of drug-likeness (QED) is 0.835. The zero-order chi connectivity index (χ0) is 20.4. The fourth-order valence-electron chi connectivity index (χ4n) is 4.11. The van der Waals surface area contributed by atoms with Gasteiger partial charge in [-0.25, -0.2) is 4.98 Å². The van der Waals surface area contributed by atoms with Crippen molar-refractivity contribution in [3.8, 4) is 0 Å². The molecule has 1 fully saturated rings. The van der Waals surface area contributed by atoms with Gasteiger partial charge in [0.15, 0.2) is 0 Å². The van der Waals surface area contributed by atoms with Crippen LogP contribution < -0.4 is 15.5 Å². The molecule has 29 heavy (non-hydrogen) atoms. The minimum atomic E-state index is -0.302. The van der Waals surface area contributed by atoms with Crippen molar-refractivity contribution in [3.05, 3.63) is 53.7 Å². The second-order valence-corrected chi connectivity index (χ2v) is 7.85. The average Bonchev–Trinajstić information content (AvgIpc) is 2.73. The molecule has 0 unspecified atom stereocenters. The predicted octanol–water partition coefficient (Wildman–Crippen LogP) is 2.77. The van der Waals surface area contributed by atoms with Gasteiger partial charge in [-0.1, -0.05) is 18.6 Å². The number of hydrogen-bond acceptors (Lipinski definition) is 5. The molecule has 4 rings (SSSR count). The molecule has 7 nitrogen and oxygen atoms in total. The second-order valence-electron chi connectivity index (χ2n) is 7.85. The summed E-state index contributed by atoms with van der Waals surface area (Å²) in [7, 11) is 1.91. The Hall–Kier alpha value is -2.93. The highest BCUT2D eigenvalue weighted by Gasteiger charge is 2.30. The lowest BCUT2D eigenvalue weighted by molar-refractivity contribution is -0.118. The fourth-order valence-corrected chi connectivity index (χ4v) is 4.11. The standard InChI is InChI=1S/C22H27N5O2/c1-15-6-3-4-13-27(15)14-19(28)24-17-10-8-16(9-11-17)20-25-22(29)18-7-5-12-23-21(18)26(20)2/h5,7-12,15,20H,3-4,6,13-14H2,1-2H3,(H,24,28)(H,25,29)/t15-,20+/m1/s1.